The van der Waals surface area contributed by atoms with Gasteiger partial charge >= 0.3 is 35.8 Å². The number of nitriles is 2. The van der Waals surface area contributed by atoms with E-state index in [9.17, 15) is 34.0 Å². The van der Waals surface area contributed by atoms with E-state index in [0.29, 0.717) is 13.2 Å². The Morgan fingerprint density at radius 2 is 0.582 bits per heavy atom. The normalized spacial score (nSPS) is 10.5. The van der Waals surface area contributed by atoms with Crippen LogP contribution in [0.1, 0.15) is 152 Å². The summed E-state index contributed by atoms with van der Waals surface area (Å²) in [6, 6.07) is 62.5. The Balaban J connectivity index is 0.000000343. The van der Waals surface area contributed by atoms with Crippen LogP contribution in [0, 0.1) is 22.7 Å². The molecule has 0 saturated carbocycles. The molecule has 98 heavy (non-hydrogen) atoms. The quantitative estimate of drug-likeness (QED) is 0.00539. The molecule has 0 bridgehead atoms. The van der Waals surface area contributed by atoms with Crippen LogP contribution in [0.2, 0.25) is 0 Å². The van der Waals surface area contributed by atoms with Crippen LogP contribution in [0.15, 0.2) is 253 Å². The van der Waals surface area contributed by atoms with Crippen molar-refractivity contribution in [2.24, 2.45) is 0 Å². The Morgan fingerprint density at radius 1 is 0.306 bits per heavy atom. The largest absolute Gasteiger partial charge is 0.462 e. The van der Waals surface area contributed by atoms with Gasteiger partial charge in [0.2, 0.25) is 0 Å². The standard InChI is InChI=1S/C26H29NO2.C22H22O4.C20H25NO2.C16H18O4/c1-2-3-4-5-6-13-20-29-26(28)24(21-27)18-19-25(22-14-9-7-10-15-22)23-16-11-8-12-17-23;1-3-25-21(23)20(22(24)26-4-2)16-15-19(17-11-7-5-8-12-17)18-13-9-6-10-14-18;1-2-3-4-5-6-10-16-23-20(22)19(17-21)15-11-14-18-12-8-7-9-13-18;1-3-19-15(17)14(16(18)20-4-2)12-8-11-13-9-6-5-7-10-13/h7-12,14-19H,2-6,13,20H2,1H3;5-16H,3-4H2,1-2H3;7-9,11-15H,2-6,10,16H2,1H3;5-12H,3-4H2,1-2H3/b24-18+;;14-11+,19-15+;11-8+. The van der Waals surface area contributed by atoms with Crippen LogP contribution in [0.4, 0.5) is 0 Å². The molecule has 6 rings (SSSR count). The van der Waals surface area contributed by atoms with Crippen molar-refractivity contribution in [1.29, 1.82) is 10.5 Å². The highest BCUT2D eigenvalue weighted by Gasteiger charge is 2.22. The number of unbranched alkanes of at least 4 members (excludes halogenated alkanes) is 10. The fourth-order valence-corrected chi connectivity index (χ4v) is 8.99. The van der Waals surface area contributed by atoms with Gasteiger partial charge in [-0.15, -0.1) is 0 Å². The minimum absolute atomic E-state index is 0.0142. The zero-order valence-corrected chi connectivity index (χ0v) is 57.6. The van der Waals surface area contributed by atoms with E-state index in [1.165, 1.54) is 63.2 Å². The fourth-order valence-electron chi connectivity index (χ4n) is 8.99. The van der Waals surface area contributed by atoms with Gasteiger partial charge in [-0.3, -0.25) is 0 Å². The smallest absolute Gasteiger partial charge is 0.348 e. The van der Waals surface area contributed by atoms with Crippen LogP contribution in [0.3, 0.4) is 0 Å². The highest BCUT2D eigenvalue weighted by atomic mass is 16.6. The first-order valence-corrected chi connectivity index (χ1v) is 33.6. The van der Waals surface area contributed by atoms with E-state index in [2.05, 4.69) is 13.8 Å². The predicted molar refractivity (Wildman–Crippen MR) is 390 cm³/mol. The Hall–Kier alpha value is -11.0. The molecule has 0 unspecified atom stereocenters. The maximum atomic E-state index is 12.3. The van der Waals surface area contributed by atoms with Crippen LogP contribution in [-0.4, -0.2) is 75.5 Å². The molecular weight excluding hydrogens is 1230 g/mol. The van der Waals surface area contributed by atoms with E-state index in [1.807, 2.05) is 206 Å². The second-order valence-electron chi connectivity index (χ2n) is 21.4. The highest BCUT2D eigenvalue weighted by molar-refractivity contribution is 6.15. The lowest BCUT2D eigenvalue weighted by atomic mass is 9.97. The second-order valence-corrected chi connectivity index (χ2v) is 21.4. The number of rotatable bonds is 34. The van der Waals surface area contributed by atoms with Gasteiger partial charge in [-0.2, -0.15) is 10.5 Å². The van der Waals surface area contributed by atoms with Crippen molar-refractivity contribution in [1.82, 2.24) is 0 Å². The van der Waals surface area contributed by atoms with Gasteiger partial charge in [0.25, 0.3) is 0 Å². The molecule has 0 fully saturated rings. The molecule has 0 aliphatic rings. The van der Waals surface area contributed by atoms with Crippen molar-refractivity contribution < 1.29 is 57.2 Å². The summed E-state index contributed by atoms with van der Waals surface area (Å²) in [4.78, 5) is 71.7. The third kappa shape index (κ3) is 33.9. The molecule has 0 heterocycles. The molecule has 14 heteroatoms. The lowest BCUT2D eigenvalue weighted by Crippen LogP contribution is -2.18. The summed E-state index contributed by atoms with van der Waals surface area (Å²) in [7, 11) is 0. The molecular formula is C84H94N2O12. The minimum Gasteiger partial charge on any atom is -0.462 e. The summed E-state index contributed by atoms with van der Waals surface area (Å²) in [6.07, 6.45) is 30.0. The number of carbonyl (C=O) groups excluding carboxylic acids is 6. The summed E-state index contributed by atoms with van der Waals surface area (Å²) in [6.45, 7) is 12.6. The summed E-state index contributed by atoms with van der Waals surface area (Å²) in [5, 5.41) is 18.4. The molecule has 512 valence electrons. The third-order valence-electron chi connectivity index (χ3n) is 14.0. The zero-order valence-electron chi connectivity index (χ0n) is 57.6. The summed E-state index contributed by atoms with van der Waals surface area (Å²) < 4.78 is 30.0. The summed E-state index contributed by atoms with van der Waals surface area (Å²) in [5.41, 5.74) is 7.61. The lowest BCUT2D eigenvalue weighted by Gasteiger charge is -2.09. The van der Waals surface area contributed by atoms with E-state index in [-0.39, 0.29) is 48.7 Å². The Morgan fingerprint density at radius 3 is 0.898 bits per heavy atom. The monoisotopic (exact) mass is 1320 g/mol. The van der Waals surface area contributed by atoms with Gasteiger partial charge in [0.15, 0.2) is 0 Å². The minimum atomic E-state index is -0.692. The van der Waals surface area contributed by atoms with Crippen LogP contribution >= 0.6 is 0 Å². The first kappa shape index (κ1) is 81.3. The summed E-state index contributed by atoms with van der Waals surface area (Å²) in [5.74, 6) is -3.84. The number of esters is 6. The average molecular weight is 1320 g/mol. The van der Waals surface area contributed by atoms with Gasteiger partial charge in [0.05, 0.1) is 39.6 Å². The molecule has 0 aliphatic carbocycles. The van der Waals surface area contributed by atoms with Gasteiger partial charge in [-0.1, -0.05) is 297 Å². The zero-order chi connectivity index (χ0) is 71.1. The van der Waals surface area contributed by atoms with E-state index in [0.717, 1.165) is 76.6 Å². The Bertz CT molecular complexity index is 3530. The lowest BCUT2D eigenvalue weighted by molar-refractivity contribution is -0.148. The molecule has 14 nitrogen and oxygen atoms in total. The Labute approximate surface area is 580 Å². The Kier molecular flexibility index (Phi) is 43.4. The number of ether oxygens (including phenoxy) is 6. The second kappa shape index (κ2) is 52.3. The molecule has 0 aliphatic heterocycles. The molecule has 0 saturated heterocycles. The van der Waals surface area contributed by atoms with Crippen molar-refractivity contribution in [2.45, 2.75) is 119 Å². The highest BCUT2D eigenvalue weighted by Crippen LogP contribution is 2.26. The molecule has 0 N–H and O–H groups in total. The van der Waals surface area contributed by atoms with Gasteiger partial charge in [0.1, 0.15) is 34.4 Å². The van der Waals surface area contributed by atoms with Crippen LogP contribution in [-0.2, 0) is 57.2 Å². The fraction of sp³-hybridized carbons (Fsp3) is 0.286. The number of hydrogen-bond donors (Lipinski definition) is 0. The van der Waals surface area contributed by atoms with Gasteiger partial charge in [0, 0.05) is 0 Å². The first-order chi connectivity index (χ1) is 47.9. The third-order valence-corrected chi connectivity index (χ3v) is 14.0. The van der Waals surface area contributed by atoms with Gasteiger partial charge in [-0.25, -0.2) is 28.8 Å². The number of nitrogens with zero attached hydrogens (tertiary/aromatic N) is 2. The molecule has 0 atom stereocenters. The van der Waals surface area contributed by atoms with Crippen molar-refractivity contribution in [3.63, 3.8) is 0 Å². The maximum Gasteiger partial charge on any atom is 0.348 e. The molecule has 0 spiro atoms. The van der Waals surface area contributed by atoms with E-state index >= 15 is 0 Å². The number of hydrogen-bond acceptors (Lipinski definition) is 14. The molecule has 0 aromatic heterocycles. The molecule has 0 radical (unpaired) electrons. The topological polar surface area (TPSA) is 205 Å². The summed E-state index contributed by atoms with van der Waals surface area (Å²) >= 11 is 0. The maximum absolute atomic E-state index is 12.3. The first-order valence-electron chi connectivity index (χ1n) is 33.6. The van der Waals surface area contributed by atoms with Crippen molar-refractivity contribution in [3.05, 3.63) is 286 Å². The molecule has 6 aromatic rings. The molecule has 6 aromatic carbocycles. The van der Waals surface area contributed by atoms with E-state index in [1.54, 1.807) is 58.1 Å². The van der Waals surface area contributed by atoms with Crippen LogP contribution < -0.4 is 0 Å². The van der Waals surface area contributed by atoms with E-state index < -0.39 is 35.8 Å². The van der Waals surface area contributed by atoms with Crippen molar-refractivity contribution >= 4 is 59.1 Å². The predicted octanol–water partition coefficient (Wildman–Crippen LogP) is 18.4. The molecule has 0 amide bonds. The number of allylic oxidation sites excluding steroid dienone is 8. The van der Waals surface area contributed by atoms with Crippen molar-refractivity contribution in [2.75, 3.05) is 39.6 Å². The van der Waals surface area contributed by atoms with Gasteiger partial charge in [-0.05, 0) is 109 Å². The van der Waals surface area contributed by atoms with Crippen molar-refractivity contribution in [3.8, 4) is 12.1 Å². The van der Waals surface area contributed by atoms with Gasteiger partial charge < -0.3 is 28.4 Å². The average Bonchev–Trinajstić information content (AvgIpc) is 0.899. The van der Waals surface area contributed by atoms with Crippen LogP contribution in [0.25, 0.3) is 23.3 Å². The van der Waals surface area contributed by atoms with E-state index in [4.69, 9.17) is 33.7 Å². The SMILES string of the molecule is CCCCCCCCOC(=O)/C(C#N)=C/C=C(c1ccccc1)c1ccccc1.CCCCCCCCOC(=O)/C(C#N)=C/C=C/c1ccccc1.CCOC(=O)C(=C/C=C/c1ccccc1)C(=O)OCC.CCOC(=O)C(=CC=C(c1ccccc1)c1ccccc1)C(=O)OCC. The number of benzene rings is 6. The van der Waals surface area contributed by atoms with Crippen LogP contribution in [0.5, 0.6) is 0 Å². The number of carbonyl (C=O) groups is 6.